The van der Waals surface area contributed by atoms with Gasteiger partial charge < -0.3 is 10.4 Å². The van der Waals surface area contributed by atoms with Gasteiger partial charge in [0.15, 0.2) is 0 Å². The summed E-state index contributed by atoms with van der Waals surface area (Å²) in [5.41, 5.74) is 1.46. The van der Waals surface area contributed by atoms with E-state index in [4.69, 9.17) is 0 Å². The van der Waals surface area contributed by atoms with E-state index < -0.39 is 6.10 Å². The molecule has 0 bridgehead atoms. The Kier molecular flexibility index (Phi) is 5.16. The molecule has 1 aromatic rings. The van der Waals surface area contributed by atoms with Crippen LogP contribution in [0.1, 0.15) is 45.3 Å². The fourth-order valence-corrected chi connectivity index (χ4v) is 1.87. The molecule has 0 saturated heterocycles. The van der Waals surface area contributed by atoms with Gasteiger partial charge in [-0.05, 0) is 25.8 Å². The molecule has 94 valence electrons. The number of amides is 1. The first-order chi connectivity index (χ1) is 8.10. The van der Waals surface area contributed by atoms with Gasteiger partial charge in [0.25, 0.3) is 0 Å². The van der Waals surface area contributed by atoms with Crippen LogP contribution in [0.5, 0.6) is 0 Å². The van der Waals surface area contributed by atoms with Gasteiger partial charge in [0.2, 0.25) is 5.91 Å². The van der Waals surface area contributed by atoms with Gasteiger partial charge in [-0.2, -0.15) is 0 Å². The first-order valence-corrected chi connectivity index (χ1v) is 6.18. The van der Waals surface area contributed by atoms with Crippen molar-refractivity contribution in [1.29, 1.82) is 0 Å². The summed E-state index contributed by atoms with van der Waals surface area (Å²) in [7, 11) is 0. The molecule has 0 aromatic heterocycles. The molecular weight excluding hydrogens is 214 g/mol. The van der Waals surface area contributed by atoms with E-state index in [0.717, 1.165) is 18.4 Å². The quantitative estimate of drug-likeness (QED) is 0.823. The number of rotatable bonds is 5. The summed E-state index contributed by atoms with van der Waals surface area (Å²) in [4.78, 5) is 12.0. The van der Waals surface area contributed by atoms with Gasteiger partial charge in [0, 0.05) is 17.2 Å². The highest BCUT2D eigenvalue weighted by atomic mass is 16.3. The van der Waals surface area contributed by atoms with Crippen molar-refractivity contribution < 1.29 is 9.90 Å². The third kappa shape index (κ3) is 3.56. The summed E-state index contributed by atoms with van der Waals surface area (Å²) in [6, 6.07) is 7.36. The van der Waals surface area contributed by atoms with Crippen molar-refractivity contribution in [3.63, 3.8) is 0 Å². The van der Waals surface area contributed by atoms with Crippen molar-refractivity contribution in [3.8, 4) is 0 Å². The first-order valence-electron chi connectivity index (χ1n) is 6.18. The van der Waals surface area contributed by atoms with Gasteiger partial charge in [0.1, 0.15) is 0 Å². The topological polar surface area (TPSA) is 49.3 Å². The molecule has 1 amide bonds. The second-order valence-corrected chi connectivity index (χ2v) is 4.27. The molecule has 0 aliphatic heterocycles. The minimum atomic E-state index is -0.576. The Bertz CT molecular complexity index is 370. The number of para-hydroxylation sites is 1. The lowest BCUT2D eigenvalue weighted by Crippen LogP contribution is -2.22. The zero-order chi connectivity index (χ0) is 12.8. The highest BCUT2D eigenvalue weighted by Crippen LogP contribution is 2.23. The average Bonchev–Trinajstić information content (AvgIpc) is 2.31. The lowest BCUT2D eigenvalue weighted by molar-refractivity contribution is -0.120. The molecule has 2 N–H and O–H groups in total. The Morgan fingerprint density at radius 3 is 2.41 bits per heavy atom. The Balaban J connectivity index is 2.84. The smallest absolute Gasteiger partial charge is 0.227 e. The lowest BCUT2D eigenvalue weighted by atomic mass is 10.0. The average molecular weight is 235 g/mol. The maximum absolute atomic E-state index is 12.0. The van der Waals surface area contributed by atoms with Crippen LogP contribution in [0.3, 0.4) is 0 Å². The van der Waals surface area contributed by atoms with Gasteiger partial charge in [0.05, 0.1) is 6.10 Å². The number of hydrogen-bond acceptors (Lipinski definition) is 2. The molecule has 0 aliphatic rings. The highest BCUT2D eigenvalue weighted by molar-refractivity contribution is 5.93. The second-order valence-electron chi connectivity index (χ2n) is 4.27. The summed E-state index contributed by atoms with van der Waals surface area (Å²) in [5.74, 6) is 0.0696. The van der Waals surface area contributed by atoms with Gasteiger partial charge in [-0.15, -0.1) is 0 Å². The van der Waals surface area contributed by atoms with Crippen molar-refractivity contribution in [2.24, 2.45) is 5.92 Å². The van der Waals surface area contributed by atoms with Crippen molar-refractivity contribution >= 4 is 11.6 Å². The molecule has 0 fully saturated rings. The van der Waals surface area contributed by atoms with Crippen LogP contribution >= 0.6 is 0 Å². The van der Waals surface area contributed by atoms with E-state index in [2.05, 4.69) is 5.32 Å². The molecule has 17 heavy (non-hydrogen) atoms. The number of nitrogens with one attached hydrogen (secondary N) is 1. The minimum absolute atomic E-state index is 0.0306. The van der Waals surface area contributed by atoms with Gasteiger partial charge in [-0.3, -0.25) is 4.79 Å². The van der Waals surface area contributed by atoms with Crippen LogP contribution < -0.4 is 5.32 Å². The van der Waals surface area contributed by atoms with Crippen LogP contribution in [0, 0.1) is 5.92 Å². The Morgan fingerprint density at radius 2 is 1.88 bits per heavy atom. The number of anilines is 1. The predicted octanol–water partition coefficient (Wildman–Crippen LogP) is 3.11. The molecule has 0 spiro atoms. The van der Waals surface area contributed by atoms with Crippen LogP contribution in [-0.4, -0.2) is 11.0 Å². The highest BCUT2D eigenvalue weighted by Gasteiger charge is 2.16. The molecule has 0 saturated carbocycles. The van der Waals surface area contributed by atoms with E-state index in [1.165, 1.54) is 0 Å². The third-order valence-corrected chi connectivity index (χ3v) is 3.03. The van der Waals surface area contributed by atoms with E-state index in [0.29, 0.717) is 5.69 Å². The van der Waals surface area contributed by atoms with Crippen LogP contribution in [0.4, 0.5) is 5.69 Å². The zero-order valence-corrected chi connectivity index (χ0v) is 10.7. The lowest BCUT2D eigenvalue weighted by Gasteiger charge is -2.16. The SMILES string of the molecule is CCC(CC)C(=O)Nc1ccccc1C(C)O. The Morgan fingerprint density at radius 1 is 1.29 bits per heavy atom. The monoisotopic (exact) mass is 235 g/mol. The van der Waals surface area contributed by atoms with Crippen molar-refractivity contribution in [3.05, 3.63) is 29.8 Å². The number of aliphatic hydroxyl groups is 1. The molecule has 1 atom stereocenters. The summed E-state index contributed by atoms with van der Waals surface area (Å²) in [6.07, 6.45) is 1.09. The molecule has 0 radical (unpaired) electrons. The Hall–Kier alpha value is -1.35. The van der Waals surface area contributed by atoms with Crippen LogP contribution in [0.2, 0.25) is 0 Å². The maximum atomic E-state index is 12.0. The van der Waals surface area contributed by atoms with Crippen LogP contribution in [0.25, 0.3) is 0 Å². The van der Waals surface area contributed by atoms with E-state index in [-0.39, 0.29) is 11.8 Å². The van der Waals surface area contributed by atoms with Gasteiger partial charge in [-0.25, -0.2) is 0 Å². The maximum Gasteiger partial charge on any atom is 0.227 e. The first kappa shape index (κ1) is 13.7. The zero-order valence-electron chi connectivity index (χ0n) is 10.7. The number of benzene rings is 1. The fourth-order valence-electron chi connectivity index (χ4n) is 1.87. The predicted molar refractivity (Wildman–Crippen MR) is 69.8 cm³/mol. The van der Waals surface area contributed by atoms with Crippen molar-refractivity contribution in [2.45, 2.75) is 39.7 Å². The fraction of sp³-hybridized carbons (Fsp3) is 0.500. The molecule has 0 aliphatic carbocycles. The van der Waals surface area contributed by atoms with Gasteiger partial charge in [-0.1, -0.05) is 32.0 Å². The third-order valence-electron chi connectivity index (χ3n) is 3.03. The van der Waals surface area contributed by atoms with Crippen LogP contribution in [-0.2, 0) is 4.79 Å². The standard InChI is InChI=1S/C14H21NO2/c1-4-11(5-2)14(17)15-13-9-7-6-8-12(13)10(3)16/h6-11,16H,4-5H2,1-3H3,(H,15,17). The molecule has 3 heteroatoms. The molecule has 0 heterocycles. The molecule has 3 nitrogen and oxygen atoms in total. The Labute approximate surface area is 103 Å². The second kappa shape index (κ2) is 6.40. The van der Waals surface area contributed by atoms with Gasteiger partial charge >= 0.3 is 0 Å². The minimum Gasteiger partial charge on any atom is -0.389 e. The largest absolute Gasteiger partial charge is 0.389 e. The van der Waals surface area contributed by atoms with E-state index >= 15 is 0 Å². The van der Waals surface area contributed by atoms with E-state index in [1.54, 1.807) is 6.92 Å². The summed E-state index contributed by atoms with van der Waals surface area (Å²) in [5, 5.41) is 12.5. The normalized spacial score (nSPS) is 12.5. The van der Waals surface area contributed by atoms with Crippen LogP contribution in [0.15, 0.2) is 24.3 Å². The number of carbonyl (C=O) groups excluding carboxylic acids is 1. The summed E-state index contributed by atoms with van der Waals surface area (Å²) in [6.45, 7) is 5.71. The summed E-state index contributed by atoms with van der Waals surface area (Å²) < 4.78 is 0. The molecule has 1 aromatic carbocycles. The van der Waals surface area contributed by atoms with E-state index in [9.17, 15) is 9.90 Å². The molecular formula is C14H21NO2. The number of hydrogen-bond donors (Lipinski definition) is 2. The summed E-state index contributed by atoms with van der Waals surface area (Å²) >= 11 is 0. The molecule has 1 unspecified atom stereocenters. The van der Waals surface area contributed by atoms with Crippen molar-refractivity contribution in [2.75, 3.05) is 5.32 Å². The van der Waals surface area contributed by atoms with E-state index in [1.807, 2.05) is 38.1 Å². The number of aliphatic hydroxyl groups excluding tert-OH is 1. The molecule has 1 rings (SSSR count). The van der Waals surface area contributed by atoms with Crippen molar-refractivity contribution in [1.82, 2.24) is 0 Å². The number of carbonyl (C=O) groups is 1.